The molecule has 4 heteroatoms. The van der Waals surface area contributed by atoms with E-state index in [0.29, 0.717) is 37.6 Å². The molecule has 0 aromatic heterocycles. The second-order valence-corrected chi connectivity index (χ2v) is 10.0. The molecule has 0 spiro atoms. The van der Waals surface area contributed by atoms with Gasteiger partial charge in [0.2, 0.25) is 0 Å². The summed E-state index contributed by atoms with van der Waals surface area (Å²) in [5.41, 5.74) is 0. The van der Waals surface area contributed by atoms with Crippen molar-refractivity contribution in [2.24, 2.45) is 11.8 Å². The number of carbonyl (C=O) groups excluding carboxylic acids is 1. The Morgan fingerprint density at radius 2 is 1.45 bits per heavy atom. The van der Waals surface area contributed by atoms with Gasteiger partial charge in [-0.25, -0.2) is 0 Å². The van der Waals surface area contributed by atoms with Crippen LogP contribution in [0.4, 0.5) is 0 Å². The summed E-state index contributed by atoms with van der Waals surface area (Å²) in [5, 5.41) is 0. The monoisotopic (exact) mass is 466 g/mol. The molecule has 2 unspecified atom stereocenters. The lowest BCUT2D eigenvalue weighted by atomic mass is 9.93. The molecule has 33 heavy (non-hydrogen) atoms. The average Bonchev–Trinajstić information content (AvgIpc) is 3.13. The van der Waals surface area contributed by atoms with Crippen molar-refractivity contribution in [2.45, 2.75) is 130 Å². The molecule has 0 aliphatic carbocycles. The number of esters is 1. The summed E-state index contributed by atoms with van der Waals surface area (Å²) in [7, 11) is 0. The SMILES string of the molecule is CCCCCCCC/C=C\CCCCCCCC(=O)OCCCOCCC1OCC(C)[C@@H]1C. The van der Waals surface area contributed by atoms with Crippen LogP contribution in [0.3, 0.4) is 0 Å². The Kier molecular flexibility index (Phi) is 19.8. The number of allylic oxidation sites excluding steroid dienone is 2. The molecule has 1 aliphatic rings. The van der Waals surface area contributed by atoms with Crippen LogP contribution < -0.4 is 0 Å². The molecule has 0 amide bonds. The van der Waals surface area contributed by atoms with Gasteiger partial charge in [0.05, 0.1) is 12.7 Å². The summed E-state index contributed by atoms with van der Waals surface area (Å²) in [5.74, 6) is 1.21. The van der Waals surface area contributed by atoms with Crippen LogP contribution >= 0.6 is 0 Å². The highest BCUT2D eigenvalue weighted by atomic mass is 16.5. The predicted molar refractivity (Wildman–Crippen MR) is 139 cm³/mol. The molecule has 0 aromatic rings. The van der Waals surface area contributed by atoms with E-state index in [4.69, 9.17) is 14.2 Å². The highest BCUT2D eigenvalue weighted by molar-refractivity contribution is 5.69. The molecule has 0 bridgehead atoms. The maximum Gasteiger partial charge on any atom is 0.305 e. The number of carbonyl (C=O) groups is 1. The third kappa shape index (κ3) is 17.3. The maximum absolute atomic E-state index is 11.8. The van der Waals surface area contributed by atoms with Gasteiger partial charge in [0.25, 0.3) is 0 Å². The van der Waals surface area contributed by atoms with E-state index in [2.05, 4.69) is 32.9 Å². The molecule has 4 nitrogen and oxygen atoms in total. The van der Waals surface area contributed by atoms with Gasteiger partial charge in [0.15, 0.2) is 0 Å². The minimum absolute atomic E-state index is 0.0604. The molecule has 1 rings (SSSR count). The molecule has 1 saturated heterocycles. The van der Waals surface area contributed by atoms with Gasteiger partial charge in [-0.1, -0.05) is 84.3 Å². The standard InChI is InChI=1S/C29H54O4/c1-4-5-6-7-8-9-10-11-12-13-14-15-16-17-18-20-29(30)32-23-19-22-31-24-21-28-27(3)26(2)25-33-28/h11-12,26-28H,4-10,13-25H2,1-3H3/b12-11-/t26?,27-,28?/m0/s1. The zero-order valence-corrected chi connectivity index (χ0v) is 22.2. The minimum atomic E-state index is -0.0604. The number of ether oxygens (including phenoxy) is 3. The van der Waals surface area contributed by atoms with Crippen molar-refractivity contribution in [3.8, 4) is 0 Å². The molecule has 1 aliphatic heterocycles. The van der Waals surface area contributed by atoms with Crippen molar-refractivity contribution in [1.82, 2.24) is 0 Å². The van der Waals surface area contributed by atoms with E-state index >= 15 is 0 Å². The quantitative estimate of drug-likeness (QED) is 0.0920. The van der Waals surface area contributed by atoms with Crippen LogP contribution in [-0.4, -0.2) is 38.5 Å². The van der Waals surface area contributed by atoms with Crippen LogP contribution in [0, 0.1) is 11.8 Å². The van der Waals surface area contributed by atoms with Gasteiger partial charge >= 0.3 is 5.97 Å². The third-order valence-corrected chi connectivity index (χ3v) is 6.94. The zero-order valence-electron chi connectivity index (χ0n) is 22.2. The van der Waals surface area contributed by atoms with E-state index in [1.54, 1.807) is 0 Å². The van der Waals surface area contributed by atoms with E-state index in [1.165, 1.54) is 70.6 Å². The van der Waals surface area contributed by atoms with Crippen molar-refractivity contribution >= 4 is 5.97 Å². The van der Waals surface area contributed by atoms with Crippen molar-refractivity contribution < 1.29 is 19.0 Å². The normalized spacial score (nSPS) is 20.6. The highest BCUT2D eigenvalue weighted by Gasteiger charge is 2.30. The number of rotatable bonds is 22. The smallest absolute Gasteiger partial charge is 0.305 e. The van der Waals surface area contributed by atoms with Crippen molar-refractivity contribution in [3.63, 3.8) is 0 Å². The fraction of sp³-hybridized carbons (Fsp3) is 0.897. The first kappa shape index (κ1) is 30.2. The second kappa shape index (κ2) is 21.6. The van der Waals surface area contributed by atoms with Crippen LogP contribution in [-0.2, 0) is 19.0 Å². The lowest BCUT2D eigenvalue weighted by Crippen LogP contribution is -2.18. The molecule has 1 fully saturated rings. The molecule has 0 aromatic carbocycles. The van der Waals surface area contributed by atoms with Crippen molar-refractivity contribution in [2.75, 3.05) is 26.4 Å². The van der Waals surface area contributed by atoms with Crippen LogP contribution in [0.1, 0.15) is 124 Å². The molecule has 0 radical (unpaired) electrons. The first-order valence-corrected chi connectivity index (χ1v) is 14.1. The summed E-state index contributed by atoms with van der Waals surface area (Å²) in [6.07, 6.45) is 23.9. The Bertz CT molecular complexity index is 476. The number of unbranched alkanes of at least 4 members (excludes halogenated alkanes) is 11. The van der Waals surface area contributed by atoms with Gasteiger partial charge in [-0.2, -0.15) is 0 Å². The fourth-order valence-electron chi connectivity index (χ4n) is 4.35. The molecule has 0 saturated carbocycles. The first-order chi connectivity index (χ1) is 16.1. The first-order valence-electron chi connectivity index (χ1n) is 14.1. The van der Waals surface area contributed by atoms with E-state index in [1.807, 2.05) is 0 Å². The van der Waals surface area contributed by atoms with Crippen LogP contribution in [0.15, 0.2) is 12.2 Å². The van der Waals surface area contributed by atoms with E-state index in [-0.39, 0.29) is 5.97 Å². The summed E-state index contributed by atoms with van der Waals surface area (Å²) in [6.45, 7) is 9.50. The Labute approximate surface area is 205 Å². The number of hydrogen-bond donors (Lipinski definition) is 0. The van der Waals surface area contributed by atoms with Crippen LogP contribution in [0.2, 0.25) is 0 Å². The average molecular weight is 467 g/mol. The summed E-state index contributed by atoms with van der Waals surface area (Å²) in [6, 6.07) is 0. The molecule has 1 heterocycles. The molecule has 0 N–H and O–H groups in total. The predicted octanol–water partition coefficient (Wildman–Crippen LogP) is 8.03. The van der Waals surface area contributed by atoms with E-state index in [0.717, 1.165) is 38.9 Å². The van der Waals surface area contributed by atoms with E-state index in [9.17, 15) is 4.79 Å². The molecule has 194 valence electrons. The largest absolute Gasteiger partial charge is 0.466 e. The van der Waals surface area contributed by atoms with Gasteiger partial charge in [0.1, 0.15) is 0 Å². The summed E-state index contributed by atoms with van der Waals surface area (Å²) >= 11 is 0. The Morgan fingerprint density at radius 3 is 2.09 bits per heavy atom. The van der Waals surface area contributed by atoms with Crippen molar-refractivity contribution in [3.05, 3.63) is 12.2 Å². The summed E-state index contributed by atoms with van der Waals surface area (Å²) in [4.78, 5) is 11.8. The van der Waals surface area contributed by atoms with E-state index < -0.39 is 0 Å². The van der Waals surface area contributed by atoms with Crippen LogP contribution in [0.25, 0.3) is 0 Å². The summed E-state index contributed by atoms with van der Waals surface area (Å²) < 4.78 is 16.8. The number of hydrogen-bond acceptors (Lipinski definition) is 4. The van der Waals surface area contributed by atoms with Gasteiger partial charge in [0, 0.05) is 32.7 Å². The van der Waals surface area contributed by atoms with Crippen molar-refractivity contribution in [1.29, 1.82) is 0 Å². The van der Waals surface area contributed by atoms with Gasteiger partial charge in [-0.15, -0.1) is 0 Å². The molecular formula is C29H54O4. The molecule has 3 atom stereocenters. The Balaban J connectivity index is 1.77. The topological polar surface area (TPSA) is 44.8 Å². The second-order valence-electron chi connectivity index (χ2n) is 10.0. The maximum atomic E-state index is 11.8. The highest BCUT2D eigenvalue weighted by Crippen LogP contribution is 2.28. The minimum Gasteiger partial charge on any atom is -0.466 e. The van der Waals surface area contributed by atoms with Gasteiger partial charge in [-0.05, 0) is 50.4 Å². The third-order valence-electron chi connectivity index (χ3n) is 6.94. The lowest BCUT2D eigenvalue weighted by molar-refractivity contribution is -0.144. The Morgan fingerprint density at radius 1 is 0.818 bits per heavy atom. The molecular weight excluding hydrogens is 412 g/mol. The zero-order chi connectivity index (χ0) is 24.0. The Hall–Kier alpha value is -0.870. The van der Waals surface area contributed by atoms with Gasteiger partial charge < -0.3 is 14.2 Å². The fourth-order valence-corrected chi connectivity index (χ4v) is 4.35. The lowest BCUT2D eigenvalue weighted by Gasteiger charge is -2.16. The van der Waals surface area contributed by atoms with Crippen LogP contribution in [0.5, 0.6) is 0 Å². The van der Waals surface area contributed by atoms with Gasteiger partial charge in [-0.3, -0.25) is 4.79 Å².